The Labute approximate surface area is 43.2 Å². The molecule has 0 aromatic heterocycles. The first kappa shape index (κ1) is 6.03. The Bertz CT molecular complexity index is 110. The standard InChI is InChI=1S/C5H8N2/c1-4(3-6)5(2)7/h4H,2,7H2,1H3. The summed E-state index contributed by atoms with van der Waals surface area (Å²) in [4.78, 5) is 0. The van der Waals surface area contributed by atoms with Gasteiger partial charge in [-0.2, -0.15) is 5.26 Å². The third-order valence-electron chi connectivity index (χ3n) is 0.750. The van der Waals surface area contributed by atoms with Crippen LogP contribution in [-0.4, -0.2) is 0 Å². The van der Waals surface area contributed by atoms with E-state index >= 15 is 0 Å². The van der Waals surface area contributed by atoms with Crippen molar-refractivity contribution in [2.45, 2.75) is 6.92 Å². The van der Waals surface area contributed by atoms with Crippen LogP contribution in [0.25, 0.3) is 0 Å². The molecule has 0 aliphatic rings. The monoisotopic (exact) mass is 96.1 g/mol. The second kappa shape index (κ2) is 2.25. The van der Waals surface area contributed by atoms with Gasteiger partial charge in [0, 0.05) is 5.70 Å². The Morgan fingerprint density at radius 2 is 2.43 bits per heavy atom. The summed E-state index contributed by atoms with van der Waals surface area (Å²) in [6.07, 6.45) is 0. The van der Waals surface area contributed by atoms with Crippen LogP contribution in [0.5, 0.6) is 0 Å². The smallest absolute Gasteiger partial charge is 0.0823 e. The third kappa shape index (κ3) is 1.83. The Hall–Kier alpha value is -0.970. The van der Waals surface area contributed by atoms with Gasteiger partial charge in [0.05, 0.1) is 12.0 Å². The summed E-state index contributed by atoms with van der Waals surface area (Å²) in [7, 11) is 0. The predicted molar refractivity (Wildman–Crippen MR) is 28.1 cm³/mol. The zero-order valence-corrected chi connectivity index (χ0v) is 4.31. The van der Waals surface area contributed by atoms with Gasteiger partial charge in [0.1, 0.15) is 0 Å². The molecule has 0 rings (SSSR count). The molecule has 0 aromatic rings. The van der Waals surface area contributed by atoms with Crippen molar-refractivity contribution < 1.29 is 0 Å². The van der Waals surface area contributed by atoms with Gasteiger partial charge in [-0.3, -0.25) is 0 Å². The lowest BCUT2D eigenvalue weighted by Crippen LogP contribution is -2.03. The zero-order valence-electron chi connectivity index (χ0n) is 4.31. The minimum atomic E-state index is -0.208. The Morgan fingerprint density at radius 3 is 2.43 bits per heavy atom. The Balaban J connectivity index is 3.63. The average molecular weight is 96.1 g/mol. The van der Waals surface area contributed by atoms with Gasteiger partial charge in [0.25, 0.3) is 0 Å². The predicted octanol–water partition coefficient (Wildman–Crippen LogP) is 0.618. The minimum Gasteiger partial charge on any atom is -0.401 e. The molecular formula is C5H8N2. The van der Waals surface area contributed by atoms with Gasteiger partial charge in [-0.15, -0.1) is 0 Å². The topological polar surface area (TPSA) is 49.8 Å². The summed E-state index contributed by atoms with van der Waals surface area (Å²) in [5, 5.41) is 8.11. The van der Waals surface area contributed by atoms with E-state index in [2.05, 4.69) is 6.58 Å². The Morgan fingerprint density at radius 1 is 2.00 bits per heavy atom. The summed E-state index contributed by atoms with van der Waals surface area (Å²) in [6, 6.07) is 1.94. The van der Waals surface area contributed by atoms with Crippen LogP contribution in [0.1, 0.15) is 6.92 Å². The first-order valence-electron chi connectivity index (χ1n) is 2.02. The summed E-state index contributed by atoms with van der Waals surface area (Å²) < 4.78 is 0. The van der Waals surface area contributed by atoms with Crippen molar-refractivity contribution in [3.05, 3.63) is 12.3 Å². The largest absolute Gasteiger partial charge is 0.401 e. The van der Waals surface area contributed by atoms with Gasteiger partial charge >= 0.3 is 0 Å². The SMILES string of the molecule is C=C(N)C(C)C#N. The molecule has 0 heterocycles. The molecule has 0 aromatic carbocycles. The molecule has 0 amide bonds. The highest BCUT2D eigenvalue weighted by Gasteiger charge is 1.96. The molecule has 0 saturated heterocycles. The molecular weight excluding hydrogens is 88.1 g/mol. The van der Waals surface area contributed by atoms with Crippen molar-refractivity contribution in [1.82, 2.24) is 0 Å². The van der Waals surface area contributed by atoms with E-state index in [0.29, 0.717) is 5.70 Å². The van der Waals surface area contributed by atoms with Crippen molar-refractivity contribution in [2.75, 3.05) is 0 Å². The van der Waals surface area contributed by atoms with E-state index in [9.17, 15) is 0 Å². The van der Waals surface area contributed by atoms with Crippen molar-refractivity contribution in [3.8, 4) is 6.07 Å². The number of nitriles is 1. The molecule has 7 heavy (non-hydrogen) atoms. The molecule has 38 valence electrons. The lowest BCUT2D eigenvalue weighted by atomic mass is 10.2. The van der Waals surface area contributed by atoms with Crippen molar-refractivity contribution in [1.29, 1.82) is 5.26 Å². The number of nitrogens with two attached hydrogens (primary N) is 1. The van der Waals surface area contributed by atoms with Gasteiger partial charge in [0.15, 0.2) is 0 Å². The van der Waals surface area contributed by atoms with E-state index in [1.165, 1.54) is 0 Å². The molecule has 0 saturated carbocycles. The molecule has 0 radical (unpaired) electrons. The van der Waals surface area contributed by atoms with Crippen LogP contribution >= 0.6 is 0 Å². The highest BCUT2D eigenvalue weighted by atomic mass is 14.6. The molecule has 0 fully saturated rings. The Kier molecular flexibility index (Phi) is 1.94. The van der Waals surface area contributed by atoms with E-state index in [0.717, 1.165) is 0 Å². The first-order valence-corrected chi connectivity index (χ1v) is 2.02. The van der Waals surface area contributed by atoms with Crippen molar-refractivity contribution in [3.63, 3.8) is 0 Å². The van der Waals surface area contributed by atoms with Crippen LogP contribution in [0.15, 0.2) is 12.3 Å². The maximum atomic E-state index is 8.11. The van der Waals surface area contributed by atoms with Crippen LogP contribution in [-0.2, 0) is 0 Å². The number of hydrogen-bond donors (Lipinski definition) is 1. The fourth-order valence-electron chi connectivity index (χ4n) is 0.0829. The number of allylic oxidation sites excluding steroid dienone is 1. The lowest BCUT2D eigenvalue weighted by molar-refractivity contribution is 0.868. The zero-order chi connectivity index (χ0) is 5.86. The van der Waals surface area contributed by atoms with Crippen LogP contribution < -0.4 is 5.73 Å². The molecule has 1 atom stereocenters. The minimum absolute atomic E-state index is 0.208. The van der Waals surface area contributed by atoms with Gasteiger partial charge in [-0.1, -0.05) is 6.58 Å². The third-order valence-corrected chi connectivity index (χ3v) is 0.750. The van der Waals surface area contributed by atoms with Crippen LogP contribution in [0.3, 0.4) is 0 Å². The van der Waals surface area contributed by atoms with Gasteiger partial charge in [0.2, 0.25) is 0 Å². The molecule has 0 spiro atoms. The van der Waals surface area contributed by atoms with Gasteiger partial charge < -0.3 is 5.73 Å². The highest BCUT2D eigenvalue weighted by Crippen LogP contribution is 1.96. The second-order valence-corrected chi connectivity index (χ2v) is 1.43. The maximum Gasteiger partial charge on any atom is 0.0823 e. The quantitative estimate of drug-likeness (QED) is 0.520. The molecule has 0 aliphatic carbocycles. The van der Waals surface area contributed by atoms with Crippen LogP contribution in [0, 0.1) is 17.2 Å². The van der Waals surface area contributed by atoms with Crippen LogP contribution in [0.4, 0.5) is 0 Å². The van der Waals surface area contributed by atoms with Crippen molar-refractivity contribution in [2.24, 2.45) is 11.7 Å². The van der Waals surface area contributed by atoms with Gasteiger partial charge in [-0.05, 0) is 6.92 Å². The number of nitrogens with zero attached hydrogens (tertiary/aromatic N) is 1. The molecule has 0 aliphatic heterocycles. The first-order chi connectivity index (χ1) is 3.18. The summed E-state index contributed by atoms with van der Waals surface area (Å²) in [5.41, 5.74) is 5.56. The van der Waals surface area contributed by atoms with E-state index < -0.39 is 0 Å². The van der Waals surface area contributed by atoms with E-state index in [-0.39, 0.29) is 5.92 Å². The number of rotatable bonds is 1. The highest BCUT2D eigenvalue weighted by molar-refractivity contribution is 5.03. The molecule has 0 bridgehead atoms. The molecule has 1 unspecified atom stereocenters. The molecule has 2 heteroatoms. The van der Waals surface area contributed by atoms with Crippen LogP contribution in [0.2, 0.25) is 0 Å². The molecule has 2 nitrogen and oxygen atoms in total. The summed E-state index contributed by atoms with van der Waals surface area (Å²) in [5.74, 6) is -0.208. The van der Waals surface area contributed by atoms with E-state index in [4.69, 9.17) is 11.0 Å². The average Bonchev–Trinajstić information content (AvgIpc) is 1.65. The fraction of sp³-hybridized carbons (Fsp3) is 0.400. The fourth-order valence-corrected chi connectivity index (χ4v) is 0.0829. The van der Waals surface area contributed by atoms with E-state index in [1.54, 1.807) is 6.92 Å². The van der Waals surface area contributed by atoms with E-state index in [1.807, 2.05) is 6.07 Å². The number of hydrogen-bond acceptors (Lipinski definition) is 2. The summed E-state index contributed by atoms with van der Waals surface area (Å²) in [6.45, 7) is 5.09. The van der Waals surface area contributed by atoms with Crippen molar-refractivity contribution >= 4 is 0 Å². The van der Waals surface area contributed by atoms with Gasteiger partial charge in [-0.25, -0.2) is 0 Å². The normalized spacial score (nSPS) is 12.0. The summed E-state index contributed by atoms with van der Waals surface area (Å²) >= 11 is 0. The second-order valence-electron chi connectivity index (χ2n) is 1.43. The maximum absolute atomic E-state index is 8.11. The molecule has 2 N–H and O–H groups in total. The lowest BCUT2D eigenvalue weighted by Gasteiger charge is -1.94.